The highest BCUT2D eigenvalue weighted by Gasteiger charge is 2.22. The summed E-state index contributed by atoms with van der Waals surface area (Å²) in [5.74, 6) is 0.348. The van der Waals surface area contributed by atoms with Crippen LogP contribution in [-0.4, -0.2) is 42.6 Å². The van der Waals surface area contributed by atoms with E-state index in [9.17, 15) is 14.4 Å². The third-order valence-corrected chi connectivity index (χ3v) is 5.32. The molecule has 0 atom stereocenters. The number of rotatable bonds is 9. The molecule has 0 spiro atoms. The highest BCUT2D eigenvalue weighted by Crippen LogP contribution is 2.10. The van der Waals surface area contributed by atoms with Crippen molar-refractivity contribution in [1.29, 1.82) is 0 Å². The predicted molar refractivity (Wildman–Crippen MR) is 126 cm³/mol. The van der Waals surface area contributed by atoms with E-state index in [1.165, 1.54) is 4.57 Å². The lowest BCUT2D eigenvalue weighted by molar-refractivity contribution is -0.133. The van der Waals surface area contributed by atoms with Gasteiger partial charge in [-0.15, -0.1) is 0 Å². The summed E-state index contributed by atoms with van der Waals surface area (Å²) in [6.45, 7) is 11.8. The maximum Gasteiger partial charge on any atom is 0.333 e. The first-order chi connectivity index (χ1) is 15.2. The molecule has 8 heteroatoms. The van der Waals surface area contributed by atoms with Crippen molar-refractivity contribution in [2.24, 2.45) is 11.8 Å². The van der Waals surface area contributed by atoms with Crippen LogP contribution >= 0.6 is 0 Å². The highest BCUT2D eigenvalue weighted by atomic mass is 16.2. The van der Waals surface area contributed by atoms with E-state index >= 15 is 0 Å². The number of aryl methyl sites for hydroxylation is 1. The van der Waals surface area contributed by atoms with Crippen LogP contribution < -0.4 is 11.2 Å². The van der Waals surface area contributed by atoms with Gasteiger partial charge in [0, 0.05) is 19.6 Å². The summed E-state index contributed by atoms with van der Waals surface area (Å²) >= 11 is 0. The average molecular weight is 440 g/mol. The van der Waals surface area contributed by atoms with E-state index < -0.39 is 11.2 Å². The number of imidazole rings is 1. The van der Waals surface area contributed by atoms with Crippen LogP contribution in [0.3, 0.4) is 0 Å². The Bertz CT molecular complexity index is 1180. The molecule has 0 fully saturated rings. The minimum atomic E-state index is -0.518. The molecule has 0 N–H and O–H groups in total. The van der Waals surface area contributed by atoms with E-state index in [-0.39, 0.29) is 30.8 Å². The van der Waals surface area contributed by atoms with Gasteiger partial charge in [0.2, 0.25) is 5.91 Å². The molecule has 3 aromatic rings. The van der Waals surface area contributed by atoms with Crippen molar-refractivity contribution in [2.75, 3.05) is 13.1 Å². The zero-order chi connectivity index (χ0) is 23.4. The van der Waals surface area contributed by atoms with Gasteiger partial charge in [-0.2, -0.15) is 0 Å². The van der Waals surface area contributed by atoms with Crippen molar-refractivity contribution in [1.82, 2.24) is 23.6 Å². The van der Waals surface area contributed by atoms with Crippen LogP contribution in [0.1, 0.15) is 40.2 Å². The predicted octanol–water partition coefficient (Wildman–Crippen LogP) is 2.57. The number of fused-ring (bicyclic) bond motifs is 1. The van der Waals surface area contributed by atoms with Crippen LogP contribution in [0.4, 0.5) is 0 Å². The molecule has 3 rings (SSSR count). The molecule has 2 heterocycles. The summed E-state index contributed by atoms with van der Waals surface area (Å²) in [5.41, 5.74) is 0.608. The first kappa shape index (κ1) is 23.5. The lowest BCUT2D eigenvalue weighted by Crippen LogP contribution is -2.46. The van der Waals surface area contributed by atoms with Gasteiger partial charge in [-0.25, -0.2) is 14.3 Å². The molecule has 0 radical (unpaired) electrons. The number of nitrogens with zero attached hydrogens (tertiary/aromatic N) is 5. The molecule has 32 heavy (non-hydrogen) atoms. The first-order valence-electron chi connectivity index (χ1n) is 11.2. The van der Waals surface area contributed by atoms with E-state index in [0.717, 1.165) is 10.1 Å². The minimum absolute atomic E-state index is 0.222. The molecule has 0 saturated heterocycles. The van der Waals surface area contributed by atoms with Gasteiger partial charge in [-0.3, -0.25) is 14.2 Å². The number of hydrogen-bond acceptors (Lipinski definition) is 4. The third-order valence-electron chi connectivity index (χ3n) is 5.32. The summed E-state index contributed by atoms with van der Waals surface area (Å²) in [6.07, 6.45) is 1.57. The van der Waals surface area contributed by atoms with Gasteiger partial charge in [0.25, 0.3) is 5.56 Å². The molecule has 0 bridgehead atoms. The van der Waals surface area contributed by atoms with Gasteiger partial charge >= 0.3 is 5.69 Å². The third kappa shape index (κ3) is 5.00. The van der Waals surface area contributed by atoms with E-state index in [1.54, 1.807) is 15.8 Å². The molecule has 172 valence electrons. The van der Waals surface area contributed by atoms with E-state index in [4.69, 9.17) is 0 Å². The molecule has 0 aliphatic heterocycles. The Morgan fingerprint density at radius 3 is 2.19 bits per heavy atom. The quantitative estimate of drug-likeness (QED) is 0.513. The Balaban J connectivity index is 2.10. The fourth-order valence-electron chi connectivity index (χ4n) is 3.92. The molecule has 0 saturated carbocycles. The zero-order valence-electron chi connectivity index (χ0n) is 19.6. The van der Waals surface area contributed by atoms with Crippen molar-refractivity contribution < 1.29 is 4.79 Å². The number of carbonyl (C=O) groups excluding carboxylic acids is 1. The van der Waals surface area contributed by atoms with E-state index in [2.05, 4.69) is 4.98 Å². The van der Waals surface area contributed by atoms with Gasteiger partial charge in [-0.05, 0) is 24.3 Å². The average Bonchev–Trinajstić information content (AvgIpc) is 3.18. The zero-order valence-corrected chi connectivity index (χ0v) is 19.6. The summed E-state index contributed by atoms with van der Waals surface area (Å²) in [4.78, 5) is 46.0. The molecular formula is C24H33N5O3. The normalized spacial score (nSPS) is 11.6. The van der Waals surface area contributed by atoms with Crippen LogP contribution in [0.2, 0.25) is 0 Å². The lowest BCUT2D eigenvalue weighted by Gasteiger charge is -2.26. The summed E-state index contributed by atoms with van der Waals surface area (Å²) < 4.78 is 4.27. The van der Waals surface area contributed by atoms with Crippen molar-refractivity contribution >= 4 is 17.1 Å². The molecule has 1 amide bonds. The van der Waals surface area contributed by atoms with Gasteiger partial charge in [0.1, 0.15) is 6.54 Å². The second kappa shape index (κ2) is 9.97. The van der Waals surface area contributed by atoms with Gasteiger partial charge < -0.3 is 9.47 Å². The second-order valence-electron chi connectivity index (χ2n) is 9.03. The SMILES string of the molecule is CCn1cnc2c1c(=O)n(CC(=O)N(CC(C)C)CC(C)C)c(=O)n2Cc1ccccc1. The van der Waals surface area contributed by atoms with Crippen LogP contribution in [0.15, 0.2) is 46.2 Å². The second-order valence-corrected chi connectivity index (χ2v) is 9.03. The fourth-order valence-corrected chi connectivity index (χ4v) is 3.92. The van der Waals surface area contributed by atoms with E-state index in [0.29, 0.717) is 30.8 Å². The molecule has 0 aliphatic carbocycles. The largest absolute Gasteiger partial charge is 0.341 e. The Kier molecular flexibility index (Phi) is 7.33. The minimum Gasteiger partial charge on any atom is -0.341 e. The van der Waals surface area contributed by atoms with Crippen molar-refractivity contribution in [3.05, 3.63) is 63.1 Å². The first-order valence-corrected chi connectivity index (χ1v) is 11.2. The molecule has 8 nitrogen and oxygen atoms in total. The van der Waals surface area contributed by atoms with Gasteiger partial charge in [-0.1, -0.05) is 58.0 Å². The van der Waals surface area contributed by atoms with Gasteiger partial charge in [0.05, 0.1) is 12.9 Å². The maximum atomic E-state index is 13.4. The van der Waals surface area contributed by atoms with Crippen molar-refractivity contribution in [3.63, 3.8) is 0 Å². The Morgan fingerprint density at radius 1 is 1.00 bits per heavy atom. The topological polar surface area (TPSA) is 82.1 Å². The van der Waals surface area contributed by atoms with Crippen LogP contribution in [0.25, 0.3) is 11.2 Å². The highest BCUT2D eigenvalue weighted by molar-refractivity contribution is 5.77. The lowest BCUT2D eigenvalue weighted by atomic mass is 10.1. The van der Waals surface area contributed by atoms with E-state index in [1.807, 2.05) is 65.0 Å². The number of hydrogen-bond donors (Lipinski definition) is 0. The smallest absolute Gasteiger partial charge is 0.333 e. The molecule has 2 aromatic heterocycles. The van der Waals surface area contributed by atoms with Crippen LogP contribution in [0, 0.1) is 11.8 Å². The monoisotopic (exact) mass is 439 g/mol. The Labute approximate surface area is 188 Å². The summed E-state index contributed by atoms with van der Waals surface area (Å²) in [7, 11) is 0. The maximum absolute atomic E-state index is 13.4. The number of amides is 1. The standard InChI is InChI=1S/C24H33N5O3/c1-6-26-16-25-22-21(26)23(31)29(15-20(30)27(12-17(2)3)13-18(4)5)24(32)28(22)14-19-10-8-7-9-11-19/h7-11,16-18H,6,12-15H2,1-5H3. The number of benzene rings is 1. The Morgan fingerprint density at radius 2 is 1.62 bits per heavy atom. The Hall–Kier alpha value is -3.16. The number of aromatic nitrogens is 4. The van der Waals surface area contributed by atoms with Crippen LogP contribution in [0.5, 0.6) is 0 Å². The molecular weight excluding hydrogens is 406 g/mol. The van der Waals surface area contributed by atoms with Crippen molar-refractivity contribution in [3.8, 4) is 0 Å². The molecule has 1 aromatic carbocycles. The van der Waals surface area contributed by atoms with Gasteiger partial charge in [0.15, 0.2) is 11.2 Å². The van der Waals surface area contributed by atoms with Crippen molar-refractivity contribution in [2.45, 2.75) is 54.3 Å². The van der Waals surface area contributed by atoms with Crippen LogP contribution in [-0.2, 0) is 24.4 Å². The fraction of sp³-hybridized carbons (Fsp3) is 0.500. The molecule has 0 aliphatic rings. The summed E-state index contributed by atoms with van der Waals surface area (Å²) in [6, 6.07) is 9.55. The number of carbonyl (C=O) groups is 1. The summed E-state index contributed by atoms with van der Waals surface area (Å²) in [5, 5.41) is 0. The molecule has 0 unspecified atom stereocenters.